The molecule has 0 saturated heterocycles. The molecular weight excluding hydrogens is 251 g/mol. The number of hydrogen-bond acceptors (Lipinski definition) is 4. The van der Waals surface area contributed by atoms with Gasteiger partial charge in [0.05, 0.1) is 23.3 Å². The van der Waals surface area contributed by atoms with Gasteiger partial charge in [-0.2, -0.15) is 0 Å². The van der Waals surface area contributed by atoms with Crippen molar-refractivity contribution in [1.29, 1.82) is 0 Å². The third-order valence-electron chi connectivity index (χ3n) is 2.74. The Hall–Kier alpha value is -2.21. The van der Waals surface area contributed by atoms with E-state index in [9.17, 15) is 14.5 Å². The minimum atomic E-state index is -0.614. The van der Waals surface area contributed by atoms with Crippen LogP contribution in [0.25, 0.3) is 0 Å². The molecule has 0 amide bonds. The normalized spacial score (nSPS) is 12.3. The van der Waals surface area contributed by atoms with Gasteiger partial charge in [0.25, 0.3) is 5.69 Å². The molecule has 2 rings (SSSR count). The van der Waals surface area contributed by atoms with Gasteiger partial charge in [0.2, 0.25) is 0 Å². The summed E-state index contributed by atoms with van der Waals surface area (Å²) in [6.07, 6.45) is 1.57. The van der Waals surface area contributed by atoms with Crippen LogP contribution in [-0.2, 0) is 6.54 Å². The van der Waals surface area contributed by atoms with Gasteiger partial charge in [-0.3, -0.25) is 10.1 Å². The monoisotopic (exact) mass is 264 g/mol. The molecule has 0 aliphatic carbocycles. The first kappa shape index (κ1) is 13.2. The van der Waals surface area contributed by atoms with Crippen LogP contribution in [0.1, 0.15) is 24.3 Å². The zero-order valence-electron chi connectivity index (χ0n) is 10.3. The van der Waals surface area contributed by atoms with Crippen molar-refractivity contribution in [2.75, 3.05) is 0 Å². The maximum atomic E-state index is 13.2. The summed E-state index contributed by atoms with van der Waals surface area (Å²) in [5.74, 6) is 0.141. The number of nitrogens with one attached hydrogen (secondary N) is 1. The van der Waals surface area contributed by atoms with E-state index in [1.807, 2.05) is 13.0 Å². The molecule has 1 N–H and O–H groups in total. The molecule has 2 aromatic rings. The lowest BCUT2D eigenvalue weighted by atomic mass is 10.1. The van der Waals surface area contributed by atoms with Crippen LogP contribution in [0.2, 0.25) is 0 Å². The van der Waals surface area contributed by atoms with E-state index >= 15 is 0 Å². The van der Waals surface area contributed by atoms with Gasteiger partial charge in [0.15, 0.2) is 0 Å². The topological polar surface area (TPSA) is 68.3 Å². The SMILES string of the molecule is CC(NCc1cc(F)cc([N+](=O)[O-])c1)c1ccco1. The first-order valence-corrected chi connectivity index (χ1v) is 5.77. The number of hydrogen-bond donors (Lipinski definition) is 1. The number of rotatable bonds is 5. The molecule has 1 unspecified atom stereocenters. The lowest BCUT2D eigenvalue weighted by Gasteiger charge is -2.11. The third-order valence-corrected chi connectivity index (χ3v) is 2.74. The Kier molecular flexibility index (Phi) is 3.91. The summed E-state index contributed by atoms with van der Waals surface area (Å²) in [6.45, 7) is 2.22. The Bertz CT molecular complexity index is 569. The standard InChI is InChI=1S/C13H13FN2O3/c1-9(13-3-2-4-19-13)15-8-10-5-11(14)7-12(6-10)16(17)18/h2-7,9,15H,8H2,1H3. The van der Waals surface area contributed by atoms with Crippen LogP contribution in [0, 0.1) is 15.9 Å². The van der Waals surface area contributed by atoms with Crippen molar-refractivity contribution in [3.05, 3.63) is 63.9 Å². The number of furan rings is 1. The van der Waals surface area contributed by atoms with Gasteiger partial charge in [-0.1, -0.05) is 0 Å². The summed E-state index contributed by atoms with van der Waals surface area (Å²) in [6, 6.07) is 7.07. The first-order chi connectivity index (χ1) is 9.06. The van der Waals surface area contributed by atoms with Crippen LogP contribution in [0.5, 0.6) is 0 Å². The van der Waals surface area contributed by atoms with Crippen molar-refractivity contribution in [3.8, 4) is 0 Å². The second-order valence-electron chi connectivity index (χ2n) is 4.19. The Morgan fingerprint density at radius 2 is 2.26 bits per heavy atom. The number of nitro benzene ring substituents is 1. The lowest BCUT2D eigenvalue weighted by molar-refractivity contribution is -0.385. The van der Waals surface area contributed by atoms with E-state index in [-0.39, 0.29) is 11.7 Å². The highest BCUT2D eigenvalue weighted by molar-refractivity contribution is 5.35. The van der Waals surface area contributed by atoms with Crippen LogP contribution in [0.15, 0.2) is 41.0 Å². The van der Waals surface area contributed by atoms with E-state index in [1.54, 1.807) is 12.3 Å². The van der Waals surface area contributed by atoms with Crippen molar-refractivity contribution in [2.45, 2.75) is 19.5 Å². The third kappa shape index (κ3) is 3.38. The summed E-state index contributed by atoms with van der Waals surface area (Å²) in [7, 11) is 0. The van der Waals surface area contributed by atoms with Crippen LogP contribution >= 0.6 is 0 Å². The molecule has 19 heavy (non-hydrogen) atoms. The fourth-order valence-corrected chi connectivity index (χ4v) is 1.75. The second kappa shape index (κ2) is 5.62. The average molecular weight is 264 g/mol. The maximum Gasteiger partial charge on any atom is 0.272 e. The predicted molar refractivity (Wildman–Crippen MR) is 67.0 cm³/mol. The maximum absolute atomic E-state index is 13.2. The van der Waals surface area contributed by atoms with Crippen LogP contribution in [0.4, 0.5) is 10.1 Å². The number of halogens is 1. The fraction of sp³-hybridized carbons (Fsp3) is 0.231. The van der Waals surface area contributed by atoms with Crippen molar-refractivity contribution >= 4 is 5.69 Å². The molecule has 1 aromatic carbocycles. The van der Waals surface area contributed by atoms with Crippen molar-refractivity contribution in [2.24, 2.45) is 0 Å². The zero-order chi connectivity index (χ0) is 13.8. The summed E-state index contributed by atoms with van der Waals surface area (Å²) >= 11 is 0. The molecule has 1 aromatic heterocycles. The minimum absolute atomic E-state index is 0.0580. The molecule has 0 radical (unpaired) electrons. The molecule has 0 saturated carbocycles. The van der Waals surface area contributed by atoms with Crippen LogP contribution in [-0.4, -0.2) is 4.92 Å². The smallest absolute Gasteiger partial charge is 0.272 e. The highest BCUT2D eigenvalue weighted by Crippen LogP contribution is 2.18. The lowest BCUT2D eigenvalue weighted by Crippen LogP contribution is -2.17. The Balaban J connectivity index is 2.05. The van der Waals surface area contributed by atoms with E-state index in [2.05, 4.69) is 5.32 Å². The van der Waals surface area contributed by atoms with Crippen molar-refractivity contribution < 1.29 is 13.7 Å². The highest BCUT2D eigenvalue weighted by atomic mass is 19.1. The van der Waals surface area contributed by atoms with E-state index in [1.165, 1.54) is 12.1 Å². The summed E-state index contributed by atoms with van der Waals surface area (Å²) in [5.41, 5.74) is 0.271. The number of benzene rings is 1. The van der Waals surface area contributed by atoms with Gasteiger partial charge in [-0.25, -0.2) is 4.39 Å². The summed E-state index contributed by atoms with van der Waals surface area (Å²) in [4.78, 5) is 10.0. The molecule has 5 nitrogen and oxygen atoms in total. The number of non-ortho nitro benzene ring substituents is 1. The van der Waals surface area contributed by atoms with Gasteiger partial charge in [-0.15, -0.1) is 0 Å². The zero-order valence-corrected chi connectivity index (χ0v) is 10.3. The fourth-order valence-electron chi connectivity index (χ4n) is 1.75. The molecule has 0 aliphatic heterocycles. The van der Waals surface area contributed by atoms with E-state index in [4.69, 9.17) is 4.42 Å². The molecular formula is C13H13FN2O3. The Labute approximate surface area is 109 Å². The first-order valence-electron chi connectivity index (χ1n) is 5.77. The summed E-state index contributed by atoms with van der Waals surface area (Å²) < 4.78 is 18.5. The van der Waals surface area contributed by atoms with E-state index < -0.39 is 10.7 Å². The van der Waals surface area contributed by atoms with E-state index in [0.717, 1.165) is 11.8 Å². The molecule has 0 bridgehead atoms. The van der Waals surface area contributed by atoms with Crippen molar-refractivity contribution in [3.63, 3.8) is 0 Å². The van der Waals surface area contributed by atoms with Crippen molar-refractivity contribution in [1.82, 2.24) is 5.32 Å². The molecule has 6 heteroatoms. The molecule has 0 aliphatic rings. The van der Waals surface area contributed by atoms with Gasteiger partial charge in [0.1, 0.15) is 11.6 Å². The number of nitrogens with zero attached hydrogens (tertiary/aromatic N) is 1. The van der Waals surface area contributed by atoms with Crippen LogP contribution in [0.3, 0.4) is 0 Å². The highest BCUT2D eigenvalue weighted by Gasteiger charge is 2.11. The quantitative estimate of drug-likeness (QED) is 0.665. The molecule has 0 fully saturated rings. The van der Waals surface area contributed by atoms with Gasteiger partial charge >= 0.3 is 0 Å². The minimum Gasteiger partial charge on any atom is -0.468 e. The van der Waals surface area contributed by atoms with Gasteiger partial charge in [-0.05, 0) is 30.7 Å². The predicted octanol–water partition coefficient (Wildman–Crippen LogP) is 3.18. The largest absolute Gasteiger partial charge is 0.468 e. The molecule has 1 heterocycles. The van der Waals surface area contributed by atoms with Gasteiger partial charge in [0, 0.05) is 12.6 Å². The van der Waals surface area contributed by atoms with Crippen LogP contribution < -0.4 is 5.32 Å². The summed E-state index contributed by atoms with van der Waals surface area (Å²) in [5, 5.41) is 13.7. The Morgan fingerprint density at radius 3 is 2.89 bits per heavy atom. The Morgan fingerprint density at radius 1 is 1.47 bits per heavy atom. The van der Waals surface area contributed by atoms with E-state index in [0.29, 0.717) is 12.1 Å². The van der Waals surface area contributed by atoms with Gasteiger partial charge < -0.3 is 9.73 Å². The second-order valence-corrected chi connectivity index (χ2v) is 4.19. The molecule has 1 atom stereocenters. The number of nitro groups is 1. The average Bonchev–Trinajstić information content (AvgIpc) is 2.89. The molecule has 100 valence electrons. The molecule has 0 spiro atoms.